The van der Waals surface area contributed by atoms with Crippen molar-refractivity contribution in [2.75, 3.05) is 0 Å². The molecule has 0 amide bonds. The minimum atomic E-state index is -0.313. The first-order chi connectivity index (χ1) is 17.9. The van der Waals surface area contributed by atoms with Crippen molar-refractivity contribution in [1.29, 1.82) is 0 Å². The third kappa shape index (κ3) is 3.09. The molecule has 0 bridgehead atoms. The van der Waals surface area contributed by atoms with Gasteiger partial charge in [-0.05, 0) is 63.7 Å². The Morgan fingerprint density at radius 2 is 1.30 bits per heavy atom. The van der Waals surface area contributed by atoms with Crippen LogP contribution in [-0.2, 0) is 5.41 Å². The fraction of sp³-hybridized carbons (Fsp3) is 0.0909. The highest BCUT2D eigenvalue weighted by atomic mass is 16.6. The molecule has 1 aliphatic rings. The van der Waals surface area contributed by atoms with Gasteiger partial charge in [-0.25, -0.2) is 0 Å². The maximum Gasteiger partial charge on any atom is 0.271 e. The summed E-state index contributed by atoms with van der Waals surface area (Å²) >= 11 is 0. The van der Waals surface area contributed by atoms with Crippen LogP contribution >= 0.6 is 0 Å². The lowest BCUT2D eigenvalue weighted by Crippen LogP contribution is -2.26. The Labute approximate surface area is 214 Å². The van der Waals surface area contributed by atoms with Gasteiger partial charge in [0.1, 0.15) is 0 Å². The van der Waals surface area contributed by atoms with E-state index in [1.54, 1.807) is 12.1 Å². The van der Waals surface area contributed by atoms with Gasteiger partial charge in [-0.3, -0.25) is 10.1 Å². The van der Waals surface area contributed by atoms with Crippen molar-refractivity contribution < 1.29 is 4.92 Å². The SMILES string of the molecule is CC1(C)c2cc(-c3ccccc3)ccc2-n2c3cc([N+](=O)[O-])ccc3c3cc(-c4ccccc4)cc1c32. The molecule has 0 saturated carbocycles. The van der Waals surface area contributed by atoms with Crippen LogP contribution in [0.3, 0.4) is 0 Å². The van der Waals surface area contributed by atoms with Gasteiger partial charge in [-0.15, -0.1) is 0 Å². The molecule has 2 heterocycles. The highest BCUT2D eigenvalue weighted by Gasteiger charge is 2.36. The van der Waals surface area contributed by atoms with Crippen molar-refractivity contribution in [2.24, 2.45) is 0 Å². The monoisotopic (exact) mass is 480 g/mol. The number of benzene rings is 5. The average molecular weight is 481 g/mol. The van der Waals surface area contributed by atoms with E-state index in [0.29, 0.717) is 0 Å². The quantitative estimate of drug-likeness (QED) is 0.188. The molecule has 1 aliphatic heterocycles. The second kappa shape index (κ2) is 7.65. The predicted octanol–water partition coefficient (Wildman–Crippen LogP) is 8.67. The Morgan fingerprint density at radius 1 is 0.649 bits per heavy atom. The molecule has 5 aromatic carbocycles. The molecule has 0 atom stereocenters. The van der Waals surface area contributed by atoms with Crippen LogP contribution in [0.1, 0.15) is 25.0 Å². The zero-order valence-electron chi connectivity index (χ0n) is 20.6. The van der Waals surface area contributed by atoms with Crippen LogP contribution in [0.2, 0.25) is 0 Å². The molecule has 0 radical (unpaired) electrons. The van der Waals surface area contributed by atoms with Crippen molar-refractivity contribution in [3.63, 3.8) is 0 Å². The number of nitrogens with zero attached hydrogens (tertiary/aromatic N) is 2. The minimum absolute atomic E-state index is 0.101. The Hall–Kier alpha value is -4.70. The molecule has 0 fully saturated rings. The van der Waals surface area contributed by atoms with Gasteiger partial charge in [0.15, 0.2) is 0 Å². The summed E-state index contributed by atoms with van der Waals surface area (Å²) in [6.45, 7) is 4.57. The summed E-state index contributed by atoms with van der Waals surface area (Å²) in [6, 6.07) is 37.2. The summed E-state index contributed by atoms with van der Waals surface area (Å²) in [7, 11) is 0. The molecule has 6 aromatic rings. The normalized spacial score (nSPS) is 13.6. The van der Waals surface area contributed by atoms with E-state index in [1.807, 2.05) is 18.2 Å². The third-order valence-electron chi connectivity index (χ3n) is 7.86. The van der Waals surface area contributed by atoms with Gasteiger partial charge in [-0.1, -0.05) is 80.6 Å². The molecule has 0 saturated heterocycles. The number of rotatable bonds is 3. The van der Waals surface area contributed by atoms with Gasteiger partial charge >= 0.3 is 0 Å². The second-order valence-electron chi connectivity index (χ2n) is 10.3. The number of nitro groups is 1. The molecular weight excluding hydrogens is 456 g/mol. The molecule has 37 heavy (non-hydrogen) atoms. The van der Waals surface area contributed by atoms with Crippen molar-refractivity contribution in [3.8, 4) is 27.9 Å². The van der Waals surface area contributed by atoms with Crippen molar-refractivity contribution in [1.82, 2.24) is 4.57 Å². The van der Waals surface area contributed by atoms with Gasteiger partial charge < -0.3 is 4.57 Å². The largest absolute Gasteiger partial charge is 0.308 e. The topological polar surface area (TPSA) is 48.1 Å². The highest BCUT2D eigenvalue weighted by molar-refractivity contribution is 6.13. The predicted molar refractivity (Wildman–Crippen MR) is 150 cm³/mol. The number of non-ortho nitro benzene ring substituents is 1. The van der Waals surface area contributed by atoms with Crippen molar-refractivity contribution in [3.05, 3.63) is 130 Å². The zero-order chi connectivity index (χ0) is 25.3. The summed E-state index contributed by atoms with van der Waals surface area (Å²) in [5.41, 5.74) is 9.95. The van der Waals surface area contributed by atoms with E-state index in [9.17, 15) is 10.1 Å². The Balaban J connectivity index is 1.62. The minimum Gasteiger partial charge on any atom is -0.308 e. The van der Waals surface area contributed by atoms with E-state index in [4.69, 9.17) is 0 Å². The van der Waals surface area contributed by atoms with Crippen molar-refractivity contribution >= 4 is 27.5 Å². The van der Waals surface area contributed by atoms with E-state index in [1.165, 1.54) is 16.7 Å². The van der Waals surface area contributed by atoms with Crippen LogP contribution in [0, 0.1) is 10.1 Å². The van der Waals surface area contributed by atoms with E-state index in [2.05, 4.69) is 97.3 Å². The molecule has 0 N–H and O–H groups in total. The van der Waals surface area contributed by atoms with Crippen LogP contribution in [0.15, 0.2) is 109 Å². The first kappa shape index (κ1) is 21.6. The highest BCUT2D eigenvalue weighted by Crippen LogP contribution is 2.50. The van der Waals surface area contributed by atoms with Gasteiger partial charge in [0.05, 0.1) is 21.6 Å². The molecule has 0 unspecified atom stereocenters. The molecule has 4 nitrogen and oxygen atoms in total. The summed E-state index contributed by atoms with van der Waals surface area (Å²) in [4.78, 5) is 11.4. The average Bonchev–Trinajstić information content (AvgIpc) is 3.26. The first-order valence-electron chi connectivity index (χ1n) is 12.5. The number of nitro benzene ring substituents is 1. The summed E-state index contributed by atoms with van der Waals surface area (Å²) in [5, 5.41) is 13.9. The van der Waals surface area contributed by atoms with Gasteiger partial charge in [0, 0.05) is 28.3 Å². The Morgan fingerprint density at radius 3 is 1.97 bits per heavy atom. The van der Waals surface area contributed by atoms with Crippen LogP contribution in [0.4, 0.5) is 5.69 Å². The van der Waals surface area contributed by atoms with E-state index < -0.39 is 0 Å². The van der Waals surface area contributed by atoms with E-state index in [-0.39, 0.29) is 16.0 Å². The maximum absolute atomic E-state index is 11.7. The number of hydrogen-bond acceptors (Lipinski definition) is 2. The lowest BCUT2D eigenvalue weighted by molar-refractivity contribution is -0.384. The van der Waals surface area contributed by atoms with Crippen molar-refractivity contribution in [2.45, 2.75) is 19.3 Å². The first-order valence-corrected chi connectivity index (χ1v) is 12.5. The van der Waals surface area contributed by atoms with Gasteiger partial charge in [0.25, 0.3) is 5.69 Å². The Bertz CT molecular complexity index is 1870. The van der Waals surface area contributed by atoms with Crippen LogP contribution in [0.25, 0.3) is 49.7 Å². The molecular formula is C33H24N2O2. The second-order valence-corrected chi connectivity index (χ2v) is 10.3. The van der Waals surface area contributed by atoms with Crippen LogP contribution < -0.4 is 0 Å². The number of hydrogen-bond donors (Lipinski definition) is 0. The van der Waals surface area contributed by atoms with Gasteiger partial charge in [0.2, 0.25) is 0 Å². The van der Waals surface area contributed by atoms with Gasteiger partial charge in [-0.2, -0.15) is 0 Å². The fourth-order valence-electron chi connectivity index (χ4n) is 5.96. The smallest absolute Gasteiger partial charge is 0.271 e. The summed E-state index contributed by atoms with van der Waals surface area (Å²) < 4.78 is 2.23. The van der Waals surface area contributed by atoms with E-state index >= 15 is 0 Å². The third-order valence-corrected chi connectivity index (χ3v) is 7.86. The van der Waals surface area contributed by atoms with E-state index in [0.717, 1.165) is 44.2 Å². The lowest BCUT2D eigenvalue weighted by Gasteiger charge is -2.35. The molecule has 4 heteroatoms. The Kier molecular flexibility index (Phi) is 4.46. The van der Waals surface area contributed by atoms with Crippen LogP contribution in [-0.4, -0.2) is 9.49 Å². The van der Waals surface area contributed by atoms with Crippen LogP contribution in [0.5, 0.6) is 0 Å². The maximum atomic E-state index is 11.7. The summed E-state index contributed by atoms with van der Waals surface area (Å²) in [5.74, 6) is 0. The standard InChI is InChI=1S/C33H24N2O2/c1-33(2)28-18-23(21-9-5-3-6-10-21)13-16-30(28)34-31-20-25(35(36)37)14-15-26(31)27-17-24(19-29(33)32(27)34)22-11-7-4-8-12-22/h3-20H,1-2H3. The number of fused-ring (bicyclic) bond motifs is 5. The molecule has 178 valence electrons. The molecule has 0 aliphatic carbocycles. The summed E-state index contributed by atoms with van der Waals surface area (Å²) in [6.07, 6.45) is 0. The molecule has 0 spiro atoms. The zero-order valence-corrected chi connectivity index (χ0v) is 20.6. The fourth-order valence-corrected chi connectivity index (χ4v) is 5.96. The molecule has 7 rings (SSSR count). The molecule has 1 aromatic heterocycles. The lowest BCUT2D eigenvalue weighted by atomic mass is 9.73. The number of aromatic nitrogens is 1.